The van der Waals surface area contributed by atoms with Gasteiger partial charge in [-0.3, -0.25) is 52.7 Å². The van der Waals surface area contributed by atoms with Crippen LogP contribution in [0.5, 0.6) is 0 Å². The van der Waals surface area contributed by atoms with Crippen molar-refractivity contribution in [2.75, 3.05) is 0 Å². The van der Waals surface area contributed by atoms with Crippen molar-refractivity contribution in [1.29, 1.82) is 0 Å². The number of aliphatic carboxylic acids is 3. The third-order valence-corrected chi connectivity index (χ3v) is 10.7. The van der Waals surface area contributed by atoms with E-state index >= 15 is 0 Å². The lowest BCUT2D eigenvalue weighted by molar-refractivity contribution is -0.142. The molecular formula is C47H65N7O15. The van der Waals surface area contributed by atoms with Gasteiger partial charge in [0.25, 0.3) is 5.91 Å². The van der Waals surface area contributed by atoms with Gasteiger partial charge in [-0.1, -0.05) is 88.2 Å². The van der Waals surface area contributed by atoms with E-state index in [0.717, 1.165) is 0 Å². The topological polar surface area (TPSA) is 356 Å². The number of nitrogens with one attached hydrogen (secondary N) is 6. The van der Waals surface area contributed by atoms with Crippen LogP contribution in [0.1, 0.15) is 102 Å². The average molecular weight is 968 g/mol. The summed E-state index contributed by atoms with van der Waals surface area (Å²) in [6, 6.07) is 6.28. The number of primary amides is 1. The van der Waals surface area contributed by atoms with E-state index in [4.69, 9.17) is 15.6 Å². The Labute approximate surface area is 399 Å². The molecule has 11 N–H and O–H groups in total. The summed E-state index contributed by atoms with van der Waals surface area (Å²) in [5.74, 6) is -12.8. The Balaban J connectivity index is 2.61. The quantitative estimate of drug-likeness (QED) is 0.0448. The molecule has 0 aromatic heterocycles. The van der Waals surface area contributed by atoms with E-state index in [1.165, 1.54) is 6.92 Å². The van der Waals surface area contributed by atoms with Crippen LogP contribution in [0.15, 0.2) is 54.6 Å². The number of ether oxygens (including phenoxy) is 1. The third-order valence-electron chi connectivity index (χ3n) is 10.7. The molecule has 0 aliphatic carbocycles. The minimum Gasteiger partial charge on any atom is -0.481 e. The second-order valence-electron chi connectivity index (χ2n) is 16.9. The van der Waals surface area contributed by atoms with Crippen LogP contribution in [0.25, 0.3) is 0 Å². The maximum atomic E-state index is 14.6. The maximum Gasteiger partial charge on any atom is 0.305 e. The molecule has 7 atom stereocenters. The lowest BCUT2D eigenvalue weighted by atomic mass is 9.98. The van der Waals surface area contributed by atoms with Crippen LogP contribution in [-0.2, 0) is 70.5 Å². The zero-order valence-electron chi connectivity index (χ0n) is 39.4. The smallest absolute Gasteiger partial charge is 0.305 e. The fraction of sp³-hybridized carbons (Fsp3) is 0.511. The molecule has 0 heterocycles. The SMILES string of the molecule is CCCC[C@H](NC(=O)[C@H](CC(C)C)NC(=O)[C@@H](NC(=O)[C@H](Cc1ccccc1C)NC(=O)[C@H](CCC(=O)O)NC(=O)[C@H](CC(=O)O)NC(=O)CCC(=O)O)[C@@H](C)OCc1ccccc1)C(=O)C(N)=O. The van der Waals surface area contributed by atoms with Crippen LogP contribution in [0, 0.1) is 12.8 Å². The highest BCUT2D eigenvalue weighted by Gasteiger charge is 2.37. The number of benzene rings is 2. The van der Waals surface area contributed by atoms with Crippen LogP contribution >= 0.6 is 0 Å². The number of ketones is 1. The largest absolute Gasteiger partial charge is 0.481 e. The number of hydrogen-bond acceptors (Lipinski definition) is 12. The summed E-state index contributed by atoms with van der Waals surface area (Å²) in [4.78, 5) is 142. The van der Waals surface area contributed by atoms with Gasteiger partial charge >= 0.3 is 17.9 Å². The molecule has 0 fully saturated rings. The Bertz CT molecular complexity index is 2130. The van der Waals surface area contributed by atoms with Crippen molar-refractivity contribution in [1.82, 2.24) is 31.9 Å². The van der Waals surface area contributed by atoms with E-state index in [0.29, 0.717) is 29.5 Å². The van der Waals surface area contributed by atoms with Crippen molar-refractivity contribution in [3.05, 3.63) is 71.3 Å². The van der Waals surface area contributed by atoms with E-state index in [9.17, 15) is 63.0 Å². The normalized spacial score (nSPS) is 14.0. The van der Waals surface area contributed by atoms with Gasteiger partial charge in [-0.05, 0) is 55.7 Å². The lowest BCUT2D eigenvalue weighted by Gasteiger charge is -2.30. The van der Waals surface area contributed by atoms with Crippen molar-refractivity contribution in [3.8, 4) is 0 Å². The van der Waals surface area contributed by atoms with Crippen LogP contribution in [0.4, 0.5) is 0 Å². The molecule has 0 saturated heterocycles. The summed E-state index contributed by atoms with van der Waals surface area (Å²) in [6.07, 6.45) is -3.71. The van der Waals surface area contributed by atoms with Crippen LogP contribution in [-0.4, -0.2) is 123 Å². The number of carboxylic acid groups (broad SMARTS) is 3. The summed E-state index contributed by atoms with van der Waals surface area (Å²) >= 11 is 0. The highest BCUT2D eigenvalue weighted by molar-refractivity contribution is 6.37. The van der Waals surface area contributed by atoms with Crippen LogP contribution in [0.3, 0.4) is 0 Å². The Morgan fingerprint density at radius 2 is 1.14 bits per heavy atom. The van der Waals surface area contributed by atoms with Gasteiger partial charge in [0.2, 0.25) is 41.2 Å². The van der Waals surface area contributed by atoms with Crippen molar-refractivity contribution < 1.29 is 72.8 Å². The summed E-state index contributed by atoms with van der Waals surface area (Å²) in [5, 5.41) is 42.7. The first-order chi connectivity index (χ1) is 32.5. The number of carbonyl (C=O) groups excluding carboxylic acids is 8. The molecule has 22 heteroatoms. The Morgan fingerprint density at radius 1 is 0.594 bits per heavy atom. The molecule has 0 bridgehead atoms. The third kappa shape index (κ3) is 21.5. The Kier molecular flexibility index (Phi) is 24.8. The molecule has 2 aromatic rings. The van der Waals surface area contributed by atoms with E-state index in [1.54, 1.807) is 75.4 Å². The molecule has 22 nitrogen and oxygen atoms in total. The number of carboxylic acids is 3. The van der Waals surface area contributed by atoms with E-state index in [2.05, 4.69) is 31.9 Å². The molecular weight excluding hydrogens is 903 g/mol. The predicted octanol–water partition coefficient (Wildman–Crippen LogP) is 0.547. The minimum absolute atomic E-state index is 0.0386. The van der Waals surface area contributed by atoms with E-state index in [-0.39, 0.29) is 31.8 Å². The van der Waals surface area contributed by atoms with Crippen LogP contribution in [0.2, 0.25) is 0 Å². The van der Waals surface area contributed by atoms with Crippen LogP contribution < -0.4 is 37.6 Å². The van der Waals surface area contributed by atoms with Gasteiger partial charge in [0.1, 0.15) is 30.2 Å². The number of aryl methyl sites for hydroxylation is 1. The van der Waals surface area contributed by atoms with Crippen molar-refractivity contribution >= 4 is 65.0 Å². The number of amides is 7. The fourth-order valence-corrected chi connectivity index (χ4v) is 6.85. The summed E-state index contributed by atoms with van der Waals surface area (Å²) in [5.41, 5.74) is 7.19. The highest BCUT2D eigenvalue weighted by atomic mass is 16.5. The first-order valence-corrected chi connectivity index (χ1v) is 22.5. The number of hydrogen-bond donors (Lipinski definition) is 10. The number of Topliss-reactive ketones (excluding diaryl/α,β-unsaturated/α-hetero) is 1. The van der Waals surface area contributed by atoms with E-state index in [1.807, 2.05) is 6.92 Å². The first-order valence-electron chi connectivity index (χ1n) is 22.5. The molecule has 0 unspecified atom stereocenters. The van der Waals surface area contributed by atoms with Gasteiger partial charge in [-0.25, -0.2) is 0 Å². The molecule has 0 aliphatic heterocycles. The average Bonchev–Trinajstić information content (AvgIpc) is 3.28. The second kappa shape index (κ2) is 29.5. The lowest BCUT2D eigenvalue weighted by Crippen LogP contribution is -2.62. The molecule has 69 heavy (non-hydrogen) atoms. The molecule has 2 rings (SSSR count). The molecule has 0 radical (unpaired) electrons. The zero-order valence-corrected chi connectivity index (χ0v) is 39.4. The monoisotopic (exact) mass is 967 g/mol. The standard InChI is InChI=1S/C47H65N7O15/c1-6-7-17-31(41(62)42(48)63)50-44(65)33(22-26(2)3)53-47(68)40(28(5)69-25-29-14-9-8-10-15-29)54-46(67)34(23-30-16-12-11-13-27(30)4)52-43(64)32(18-20-37(56)57)51-45(66)35(24-39(60)61)49-36(55)19-21-38(58)59/h8-16,26,28,31-35,40H,6-7,17-25H2,1-5H3,(H2,48,63)(H,49,55)(H,50,65)(H,51,66)(H,52,64)(H,53,68)(H,54,67)(H,56,57)(H,58,59)(H,60,61)/t28-,31+,32+,33+,34+,35+,40+/m1/s1. The minimum atomic E-state index is -1.83. The maximum absolute atomic E-state index is 14.6. The molecule has 0 aliphatic rings. The highest BCUT2D eigenvalue weighted by Crippen LogP contribution is 2.15. The van der Waals surface area contributed by atoms with Crippen molar-refractivity contribution in [2.24, 2.45) is 11.7 Å². The van der Waals surface area contributed by atoms with Gasteiger partial charge < -0.3 is 57.7 Å². The molecule has 378 valence electrons. The number of unbranched alkanes of at least 4 members (excludes halogenated alkanes) is 1. The van der Waals surface area contributed by atoms with Crippen molar-refractivity contribution in [3.63, 3.8) is 0 Å². The van der Waals surface area contributed by atoms with Gasteiger partial charge in [0, 0.05) is 19.3 Å². The van der Waals surface area contributed by atoms with Gasteiger partial charge in [0.05, 0.1) is 31.6 Å². The number of rotatable bonds is 32. The number of carbonyl (C=O) groups is 11. The first kappa shape index (κ1) is 57.9. The van der Waals surface area contributed by atoms with E-state index < -0.39 is 140 Å². The molecule has 2 aromatic carbocycles. The summed E-state index contributed by atoms with van der Waals surface area (Å²) < 4.78 is 6.08. The fourth-order valence-electron chi connectivity index (χ4n) is 6.85. The zero-order chi connectivity index (χ0) is 51.8. The molecule has 0 saturated carbocycles. The molecule has 0 spiro atoms. The summed E-state index contributed by atoms with van der Waals surface area (Å²) in [6.45, 7) is 8.57. The van der Waals surface area contributed by atoms with Gasteiger partial charge in [-0.2, -0.15) is 0 Å². The second-order valence-corrected chi connectivity index (χ2v) is 16.9. The summed E-state index contributed by atoms with van der Waals surface area (Å²) in [7, 11) is 0. The van der Waals surface area contributed by atoms with Gasteiger partial charge in [-0.15, -0.1) is 0 Å². The Morgan fingerprint density at radius 3 is 1.72 bits per heavy atom. The van der Waals surface area contributed by atoms with Gasteiger partial charge in [0.15, 0.2) is 0 Å². The number of nitrogens with two attached hydrogens (primary N) is 1. The predicted molar refractivity (Wildman–Crippen MR) is 246 cm³/mol. The van der Waals surface area contributed by atoms with Crippen molar-refractivity contribution in [2.45, 2.75) is 148 Å². The molecule has 7 amide bonds. The Hall–Kier alpha value is -7.23.